The third kappa shape index (κ3) is 1.25. The topological polar surface area (TPSA) is 0 Å². The molecule has 1 fully saturated rings. The normalized spacial score (nSPS) is 42.3. The molecule has 0 spiro atoms. The summed E-state index contributed by atoms with van der Waals surface area (Å²) < 4.78 is 0. The highest BCUT2D eigenvalue weighted by atomic mass is 32.1. The fraction of sp³-hybridized carbons (Fsp3) is 1.00. The first kappa shape index (κ1) is 7.80. The van der Waals surface area contributed by atoms with Crippen LogP contribution in [0.15, 0.2) is 0 Å². The lowest BCUT2D eigenvalue weighted by molar-refractivity contribution is 0.100. The van der Waals surface area contributed by atoms with Crippen molar-refractivity contribution in [3.8, 4) is 0 Å². The van der Waals surface area contributed by atoms with Gasteiger partial charge in [0, 0.05) is 0 Å². The van der Waals surface area contributed by atoms with E-state index in [2.05, 4.69) is 32.2 Å². The molecule has 0 aromatic carbocycles. The molecule has 0 radical (unpaired) electrons. The molecule has 0 aromatic rings. The van der Waals surface area contributed by atoms with Crippen molar-refractivity contribution in [2.75, 3.05) is 11.5 Å². The van der Waals surface area contributed by atoms with Crippen LogP contribution in [0, 0.1) is 11.3 Å². The predicted octanol–water partition coefficient (Wildman–Crippen LogP) is 2.26. The third-order valence-electron chi connectivity index (χ3n) is 2.63. The van der Waals surface area contributed by atoms with E-state index in [1.54, 1.807) is 0 Å². The summed E-state index contributed by atoms with van der Waals surface area (Å²) in [7, 11) is 0. The lowest BCUT2D eigenvalue weighted by atomic mass is 9.63. The molecule has 2 unspecified atom stereocenters. The van der Waals surface area contributed by atoms with Crippen molar-refractivity contribution in [1.29, 1.82) is 0 Å². The van der Waals surface area contributed by atoms with E-state index in [-0.39, 0.29) is 0 Å². The molecule has 2 heteroatoms. The summed E-state index contributed by atoms with van der Waals surface area (Å²) in [5, 5.41) is 0. The lowest BCUT2D eigenvalue weighted by Gasteiger charge is -2.45. The Morgan fingerprint density at radius 2 is 2.22 bits per heavy atom. The van der Waals surface area contributed by atoms with Gasteiger partial charge < -0.3 is 0 Å². The number of rotatable bonds is 2. The lowest BCUT2D eigenvalue weighted by Crippen LogP contribution is -2.40. The summed E-state index contributed by atoms with van der Waals surface area (Å²) in [6.45, 7) is 2.31. The van der Waals surface area contributed by atoms with Gasteiger partial charge >= 0.3 is 0 Å². The van der Waals surface area contributed by atoms with Gasteiger partial charge in [0.2, 0.25) is 0 Å². The standard InChI is InChI=1S/C7H14S2/c1-7(5-9)3-2-6(7)4-8/h6,8-9H,2-5H2,1H3. The van der Waals surface area contributed by atoms with Crippen molar-refractivity contribution < 1.29 is 0 Å². The van der Waals surface area contributed by atoms with Crippen molar-refractivity contribution >= 4 is 25.3 Å². The predicted molar refractivity (Wildman–Crippen MR) is 48.5 cm³/mol. The first-order valence-electron chi connectivity index (χ1n) is 3.44. The van der Waals surface area contributed by atoms with Gasteiger partial charge in [-0.1, -0.05) is 6.92 Å². The van der Waals surface area contributed by atoms with Gasteiger partial charge in [0.15, 0.2) is 0 Å². The summed E-state index contributed by atoms with van der Waals surface area (Å²) in [4.78, 5) is 0. The van der Waals surface area contributed by atoms with Crippen LogP contribution in [0.2, 0.25) is 0 Å². The Bertz CT molecular complexity index is 97.1. The van der Waals surface area contributed by atoms with Crippen LogP contribution in [0.1, 0.15) is 19.8 Å². The zero-order valence-corrected chi connectivity index (χ0v) is 7.59. The van der Waals surface area contributed by atoms with E-state index in [0.29, 0.717) is 5.41 Å². The molecule has 0 aliphatic heterocycles. The van der Waals surface area contributed by atoms with E-state index < -0.39 is 0 Å². The number of thiol groups is 2. The molecule has 0 bridgehead atoms. The van der Waals surface area contributed by atoms with Crippen molar-refractivity contribution in [3.05, 3.63) is 0 Å². The van der Waals surface area contributed by atoms with Crippen LogP contribution >= 0.6 is 25.3 Å². The average molecular weight is 162 g/mol. The maximum Gasteiger partial charge on any atom is -0.00409 e. The van der Waals surface area contributed by atoms with Crippen LogP contribution in [-0.4, -0.2) is 11.5 Å². The van der Waals surface area contributed by atoms with E-state index in [9.17, 15) is 0 Å². The molecule has 0 amide bonds. The second-order valence-corrected chi connectivity index (χ2v) is 3.91. The van der Waals surface area contributed by atoms with Gasteiger partial charge in [-0.25, -0.2) is 0 Å². The number of hydrogen-bond donors (Lipinski definition) is 2. The average Bonchev–Trinajstić information content (AvgIpc) is 1.85. The van der Waals surface area contributed by atoms with E-state index >= 15 is 0 Å². The molecule has 1 saturated carbocycles. The largest absolute Gasteiger partial charge is 0.179 e. The second-order valence-electron chi connectivity index (χ2n) is 3.23. The summed E-state index contributed by atoms with van der Waals surface area (Å²) in [6, 6.07) is 0. The van der Waals surface area contributed by atoms with Gasteiger partial charge in [0.1, 0.15) is 0 Å². The summed E-state index contributed by atoms with van der Waals surface area (Å²) in [6.07, 6.45) is 2.71. The molecule has 1 aliphatic rings. The Morgan fingerprint density at radius 1 is 1.56 bits per heavy atom. The molecule has 1 rings (SSSR count). The molecular weight excluding hydrogens is 148 g/mol. The van der Waals surface area contributed by atoms with Crippen molar-refractivity contribution in [3.63, 3.8) is 0 Å². The van der Waals surface area contributed by atoms with E-state index in [1.165, 1.54) is 12.8 Å². The van der Waals surface area contributed by atoms with E-state index in [4.69, 9.17) is 0 Å². The van der Waals surface area contributed by atoms with Gasteiger partial charge in [0.05, 0.1) is 0 Å². The highest BCUT2D eigenvalue weighted by molar-refractivity contribution is 7.80. The third-order valence-corrected chi connectivity index (χ3v) is 3.79. The molecule has 0 heterocycles. The van der Waals surface area contributed by atoms with Crippen LogP contribution < -0.4 is 0 Å². The molecule has 9 heavy (non-hydrogen) atoms. The fourth-order valence-corrected chi connectivity index (χ4v) is 2.40. The molecule has 0 aromatic heterocycles. The van der Waals surface area contributed by atoms with Crippen molar-refractivity contribution in [1.82, 2.24) is 0 Å². The Kier molecular flexibility index (Phi) is 2.38. The summed E-state index contributed by atoms with van der Waals surface area (Å²) in [5.41, 5.74) is 0.519. The zero-order valence-electron chi connectivity index (χ0n) is 5.80. The maximum atomic E-state index is 4.31. The Morgan fingerprint density at radius 3 is 2.33 bits per heavy atom. The highest BCUT2D eigenvalue weighted by Crippen LogP contribution is 2.47. The van der Waals surface area contributed by atoms with Gasteiger partial charge in [-0.3, -0.25) is 0 Å². The molecule has 0 saturated heterocycles. The minimum Gasteiger partial charge on any atom is -0.179 e. The zero-order chi connectivity index (χ0) is 6.91. The second kappa shape index (κ2) is 2.75. The minimum atomic E-state index is 0.519. The van der Waals surface area contributed by atoms with Crippen LogP contribution in [0.3, 0.4) is 0 Å². The molecule has 1 aliphatic carbocycles. The van der Waals surface area contributed by atoms with Crippen LogP contribution in [0.5, 0.6) is 0 Å². The number of hydrogen-bond acceptors (Lipinski definition) is 2. The Balaban J connectivity index is 2.41. The molecule has 2 atom stereocenters. The highest BCUT2D eigenvalue weighted by Gasteiger charge is 2.40. The van der Waals surface area contributed by atoms with E-state index in [0.717, 1.165) is 17.4 Å². The molecule has 54 valence electrons. The first-order chi connectivity index (χ1) is 4.23. The summed E-state index contributed by atoms with van der Waals surface area (Å²) >= 11 is 8.59. The Labute approximate surface area is 68.2 Å². The quantitative estimate of drug-likeness (QED) is 0.572. The molecular formula is C7H14S2. The van der Waals surface area contributed by atoms with Crippen LogP contribution in [-0.2, 0) is 0 Å². The van der Waals surface area contributed by atoms with Crippen LogP contribution in [0.25, 0.3) is 0 Å². The first-order valence-corrected chi connectivity index (χ1v) is 4.71. The SMILES string of the molecule is CC1(CS)CCC1CS. The van der Waals surface area contributed by atoms with Crippen molar-refractivity contribution in [2.24, 2.45) is 11.3 Å². The smallest absolute Gasteiger partial charge is 0.00409 e. The van der Waals surface area contributed by atoms with Gasteiger partial charge in [-0.15, -0.1) is 0 Å². The maximum absolute atomic E-state index is 4.31. The van der Waals surface area contributed by atoms with E-state index in [1.807, 2.05) is 0 Å². The van der Waals surface area contributed by atoms with Gasteiger partial charge in [0.25, 0.3) is 0 Å². The fourth-order valence-electron chi connectivity index (χ4n) is 1.36. The molecule has 0 nitrogen and oxygen atoms in total. The van der Waals surface area contributed by atoms with Crippen molar-refractivity contribution in [2.45, 2.75) is 19.8 Å². The summed E-state index contributed by atoms with van der Waals surface area (Å²) in [5.74, 6) is 2.90. The minimum absolute atomic E-state index is 0.519. The van der Waals surface area contributed by atoms with Gasteiger partial charge in [-0.2, -0.15) is 25.3 Å². The molecule has 0 N–H and O–H groups in total. The van der Waals surface area contributed by atoms with Crippen LogP contribution in [0.4, 0.5) is 0 Å². The Hall–Kier alpha value is 0.700. The van der Waals surface area contributed by atoms with Gasteiger partial charge in [-0.05, 0) is 35.7 Å². The monoisotopic (exact) mass is 162 g/mol.